The van der Waals surface area contributed by atoms with E-state index in [4.69, 9.17) is 38.9 Å². The van der Waals surface area contributed by atoms with Gasteiger partial charge in [0.05, 0.1) is 49.0 Å². The molecular weight excluding hydrogens is 1490 g/mol. The third kappa shape index (κ3) is 17.6. The van der Waals surface area contributed by atoms with Crippen molar-refractivity contribution in [3.8, 4) is 67.5 Å². The van der Waals surface area contributed by atoms with E-state index in [1.807, 2.05) is 91.9 Å². The molecule has 12 aromatic rings. The predicted octanol–water partition coefficient (Wildman–Crippen LogP) is 11.0. The van der Waals surface area contributed by atoms with Gasteiger partial charge in [0.25, 0.3) is 0 Å². The SMILES string of the molecule is CCCN1C[C@H]2COc3ccc(C)c(c3)-c3cnn4ccc(nc34)NCCN2C[C@H]1C.Cc1ccc2cc1-c1cnn3ccc(nc13)NCCN1C[C@@H](C)N(C)C[C@H]1CO2.Cc1ccc2cc1-c1cnn3ccc(nc13)NCCN1C[C@@H](C)N(C3CC3)C[C@H]1CO2.Cc1ccc2cc1-c1cnn3ccc(nc13)NCCN1C[C@@H](C)NC[C@H]1CO2. The zero-order chi connectivity index (χ0) is 81.4. The van der Waals surface area contributed by atoms with Gasteiger partial charge in [0.15, 0.2) is 22.6 Å². The molecule has 16 heterocycles. The molecule has 8 atom stereocenters. The Morgan fingerprint density at radius 2 is 0.714 bits per heavy atom. The lowest BCUT2D eigenvalue weighted by molar-refractivity contribution is 0.0125. The first-order chi connectivity index (χ1) is 58.0. The molecule has 5 fully saturated rings. The van der Waals surface area contributed by atoms with Gasteiger partial charge in [-0.25, -0.2) is 38.0 Å². The highest BCUT2D eigenvalue weighted by Gasteiger charge is 2.40. The average Bonchev–Trinajstić information content (AvgIpc) is 1.67. The maximum absolute atomic E-state index is 6.39. The molecular formula is C91H116N24O4. The maximum Gasteiger partial charge on any atom is 0.165 e. The molecule has 5 N–H and O–H groups in total. The van der Waals surface area contributed by atoms with Crippen LogP contribution in [-0.2, 0) is 0 Å². The van der Waals surface area contributed by atoms with Crippen molar-refractivity contribution in [3.63, 3.8) is 0 Å². The Morgan fingerprint density at radius 3 is 1.09 bits per heavy atom. The Bertz CT molecular complexity index is 5540. The number of anilines is 4. The molecule has 9 aliphatic rings. The summed E-state index contributed by atoms with van der Waals surface area (Å²) in [5.74, 6) is 7.19. The highest BCUT2D eigenvalue weighted by atomic mass is 16.5. The summed E-state index contributed by atoms with van der Waals surface area (Å²) in [7, 11) is 2.20. The Hall–Kier alpha value is -10.6. The molecule has 624 valence electrons. The third-order valence-corrected chi connectivity index (χ3v) is 25.7. The largest absolute Gasteiger partial charge is 0.492 e. The molecule has 28 nitrogen and oxygen atoms in total. The van der Waals surface area contributed by atoms with Gasteiger partial charge in [0.2, 0.25) is 0 Å². The Morgan fingerprint density at radius 1 is 0.370 bits per heavy atom. The van der Waals surface area contributed by atoms with E-state index in [0.717, 1.165) is 231 Å². The molecule has 119 heavy (non-hydrogen) atoms. The number of fused-ring (bicyclic) bond motifs is 20. The first-order valence-corrected chi connectivity index (χ1v) is 43.2. The van der Waals surface area contributed by atoms with Crippen molar-refractivity contribution in [2.24, 2.45) is 0 Å². The van der Waals surface area contributed by atoms with Crippen molar-refractivity contribution in [2.45, 2.75) is 136 Å². The fourth-order valence-electron chi connectivity index (χ4n) is 18.5. The summed E-state index contributed by atoms with van der Waals surface area (Å²) in [5.41, 5.74) is 16.8. The summed E-state index contributed by atoms with van der Waals surface area (Å²) >= 11 is 0. The fourth-order valence-corrected chi connectivity index (χ4v) is 18.5. The molecule has 0 unspecified atom stereocenters. The van der Waals surface area contributed by atoms with Crippen LogP contribution in [0.3, 0.4) is 0 Å². The van der Waals surface area contributed by atoms with Gasteiger partial charge in [-0.3, -0.25) is 29.4 Å². The lowest BCUT2D eigenvalue weighted by Gasteiger charge is -2.45. The molecule has 4 aromatic carbocycles. The van der Waals surface area contributed by atoms with Crippen molar-refractivity contribution in [1.29, 1.82) is 0 Å². The molecule has 0 amide bonds. The Balaban J connectivity index is 0.000000109. The number of nitrogens with one attached hydrogen (secondary N) is 5. The number of hydrogen-bond donors (Lipinski definition) is 5. The van der Waals surface area contributed by atoms with Crippen LogP contribution in [-0.4, -0.2) is 292 Å². The van der Waals surface area contributed by atoms with Crippen LogP contribution in [0.15, 0.2) is 147 Å². The molecule has 8 aromatic heterocycles. The molecule has 0 spiro atoms. The number of benzene rings is 4. The fraction of sp³-hybridized carbons (Fsp3) is 0.473. The van der Waals surface area contributed by atoms with Crippen molar-refractivity contribution in [2.75, 3.05) is 166 Å². The van der Waals surface area contributed by atoms with Crippen LogP contribution in [0, 0.1) is 27.7 Å². The van der Waals surface area contributed by atoms with Crippen molar-refractivity contribution in [3.05, 3.63) is 169 Å². The molecule has 21 rings (SSSR count). The molecule has 16 bridgehead atoms. The van der Waals surface area contributed by atoms with Gasteiger partial charge in [0, 0.05) is 182 Å². The highest BCUT2D eigenvalue weighted by molar-refractivity contribution is 5.84. The Labute approximate surface area is 697 Å². The topological polar surface area (TPSA) is 241 Å². The van der Waals surface area contributed by atoms with Crippen LogP contribution in [0.5, 0.6) is 23.0 Å². The van der Waals surface area contributed by atoms with Crippen LogP contribution in [0.1, 0.15) is 76.1 Å². The lowest BCUT2D eigenvalue weighted by atomic mass is 10.0. The second-order valence-electron chi connectivity index (χ2n) is 34.2. The number of likely N-dealkylation sites (N-methyl/N-ethyl adjacent to an activating group) is 1. The van der Waals surface area contributed by atoms with E-state index in [0.29, 0.717) is 74.8 Å². The van der Waals surface area contributed by atoms with Gasteiger partial charge in [-0.05, 0) is 206 Å². The molecule has 8 aliphatic heterocycles. The molecule has 4 saturated heterocycles. The number of piperazine rings is 4. The summed E-state index contributed by atoms with van der Waals surface area (Å²) in [4.78, 5) is 37.4. The van der Waals surface area contributed by atoms with E-state index < -0.39 is 0 Å². The lowest BCUT2D eigenvalue weighted by Crippen LogP contribution is -2.60. The zero-order valence-corrected chi connectivity index (χ0v) is 70.7. The Kier molecular flexibility index (Phi) is 23.4. The van der Waals surface area contributed by atoms with Gasteiger partial charge >= 0.3 is 0 Å². The first-order valence-electron chi connectivity index (χ1n) is 43.2. The average molecular weight is 1610 g/mol. The summed E-state index contributed by atoms with van der Waals surface area (Å²) < 4.78 is 32.6. The number of ether oxygens (including phenoxy) is 4. The van der Waals surface area contributed by atoms with E-state index in [2.05, 4.69) is 223 Å². The first kappa shape index (κ1) is 79.6. The summed E-state index contributed by atoms with van der Waals surface area (Å²) in [6, 6.07) is 37.8. The van der Waals surface area contributed by atoms with Crippen LogP contribution in [0.4, 0.5) is 23.3 Å². The molecule has 0 radical (unpaired) electrons. The van der Waals surface area contributed by atoms with Crippen LogP contribution < -0.4 is 45.5 Å². The predicted molar refractivity (Wildman–Crippen MR) is 470 cm³/mol. The molecule has 1 aliphatic carbocycles. The van der Waals surface area contributed by atoms with E-state index >= 15 is 0 Å². The minimum Gasteiger partial charge on any atom is -0.492 e. The van der Waals surface area contributed by atoms with Gasteiger partial charge in [0.1, 0.15) is 72.7 Å². The number of hydrogen-bond acceptors (Lipinski definition) is 24. The van der Waals surface area contributed by atoms with E-state index in [9.17, 15) is 0 Å². The second kappa shape index (κ2) is 35.0. The third-order valence-electron chi connectivity index (χ3n) is 25.7. The molecule has 1 saturated carbocycles. The van der Waals surface area contributed by atoms with Gasteiger partial charge < -0.3 is 50.4 Å². The number of aromatic nitrogens is 12. The summed E-state index contributed by atoms with van der Waals surface area (Å²) in [5, 5.41) is 35.6. The molecule has 28 heteroatoms. The monoisotopic (exact) mass is 1610 g/mol. The smallest absolute Gasteiger partial charge is 0.165 e. The quantitative estimate of drug-likeness (QED) is 0.110. The maximum atomic E-state index is 6.39. The van der Waals surface area contributed by atoms with Crippen LogP contribution >= 0.6 is 0 Å². The number of rotatable bonds is 3. The highest BCUT2D eigenvalue weighted by Crippen LogP contribution is 2.38. The second-order valence-corrected chi connectivity index (χ2v) is 34.2. The number of aryl methyl sites for hydroxylation is 4. The van der Waals surface area contributed by atoms with Crippen molar-refractivity contribution < 1.29 is 18.9 Å². The van der Waals surface area contributed by atoms with Crippen molar-refractivity contribution in [1.82, 2.24) is 98.0 Å². The zero-order valence-electron chi connectivity index (χ0n) is 70.7. The van der Waals surface area contributed by atoms with Gasteiger partial charge in [-0.15, -0.1) is 0 Å². The van der Waals surface area contributed by atoms with Crippen LogP contribution in [0.2, 0.25) is 0 Å². The van der Waals surface area contributed by atoms with Gasteiger partial charge in [-0.2, -0.15) is 20.4 Å². The normalized spacial score (nSPS) is 23.4. The number of nitrogens with zero attached hydrogens (tertiary/aromatic N) is 19. The van der Waals surface area contributed by atoms with Crippen LogP contribution in [0.25, 0.3) is 67.1 Å². The van der Waals surface area contributed by atoms with Crippen molar-refractivity contribution >= 4 is 45.9 Å². The minimum absolute atomic E-state index is 0.354. The minimum atomic E-state index is 0.354. The standard InChI is InChI=1S/C24H30N6O.C24H32N6O.C22H28N6O.C21H26N6O/c1-16-3-6-20-11-21(16)22-12-26-30-9-7-23(27-24(22)30)25-8-10-28-13-17(2)29(18-4-5-18)14-19(28)15-31-20;1-4-9-28-15-19-16-31-20-6-5-17(2)21(12-20)22-13-26-30-10-7-23(27-24(22)30)25-8-11-29(19)14-18(28)3;1-15-4-5-18-10-19(15)20-11-24-28-8-6-21(25-22(20)28)23-7-9-27-12-16(2)26(3)13-17(27)14-29-18;1-14-3-4-17-9-18(14)19-11-24-27-7-5-20(25-21(19)27)22-6-8-26-12-15(2)23-10-16(26)13-28-17/h3,6-7,9,11-12,17-19H,4-5,8,10,13-15H2,1-2H3,(H,25,27);5-7,10,12-13,18-19H,4,8-9,11,14-16H2,1-3H3,(H,25,27);4-6,8,10-11,16-17H,7,9,12-14H2,1-3H3,(H,23,25);3-5,7,9,11,15-16,23H,6,8,10,12-13H2,1-2H3,(H,22,25)/t17-,19+;18-,19+;16-,17+;15-,16+/m1111/s1. The van der Waals surface area contributed by atoms with E-state index in [1.165, 1.54) is 41.5 Å². The van der Waals surface area contributed by atoms with Gasteiger partial charge in [-0.1, -0.05) is 31.2 Å². The summed E-state index contributed by atoms with van der Waals surface area (Å²) in [6.45, 7) is 39.5. The van der Waals surface area contributed by atoms with E-state index in [-0.39, 0.29) is 0 Å². The van der Waals surface area contributed by atoms with E-state index in [1.54, 1.807) is 0 Å². The summed E-state index contributed by atoms with van der Waals surface area (Å²) in [6.07, 6.45) is 19.4.